The van der Waals surface area contributed by atoms with E-state index in [-0.39, 0.29) is 11.7 Å². The van der Waals surface area contributed by atoms with Gasteiger partial charge in [-0.15, -0.1) is 11.3 Å². The molecule has 5 nitrogen and oxygen atoms in total. The molecule has 1 aromatic carbocycles. The molecule has 0 aliphatic carbocycles. The van der Waals surface area contributed by atoms with Crippen molar-refractivity contribution in [1.29, 1.82) is 0 Å². The van der Waals surface area contributed by atoms with Gasteiger partial charge in [-0.2, -0.15) is 0 Å². The van der Waals surface area contributed by atoms with Crippen molar-refractivity contribution in [2.45, 2.75) is 31.7 Å². The lowest BCUT2D eigenvalue weighted by atomic mass is 10.1. The van der Waals surface area contributed by atoms with E-state index in [1.54, 1.807) is 35.6 Å². The molecule has 0 spiro atoms. The van der Waals surface area contributed by atoms with E-state index >= 15 is 0 Å². The normalized spacial score (nSPS) is 11.7. The zero-order valence-electron chi connectivity index (χ0n) is 13.5. The number of hydrogen-bond acceptors (Lipinski definition) is 5. The molecule has 1 unspecified atom stereocenters. The minimum absolute atomic E-state index is 0.158. The number of phenolic OH excluding ortho intramolecular Hbond substituents is 1. The van der Waals surface area contributed by atoms with Gasteiger partial charge >= 0.3 is 5.97 Å². The third-order valence-electron chi connectivity index (χ3n) is 3.60. The standard InChI is InChI=1S/C18H21NO4S/c1-23-18(22)16(12-13-7-9-14(20)10-8-13)19-17(21)6-2-4-15-5-3-11-24-15/h3,5,7-11,16,20H,2,4,6,12H2,1H3,(H,19,21). The second kappa shape index (κ2) is 9.08. The van der Waals surface area contributed by atoms with Crippen molar-refractivity contribution in [3.8, 4) is 5.75 Å². The Morgan fingerprint density at radius 2 is 2.00 bits per heavy atom. The number of phenols is 1. The Kier molecular flexibility index (Phi) is 6.81. The smallest absolute Gasteiger partial charge is 0.328 e. The van der Waals surface area contributed by atoms with E-state index in [1.807, 2.05) is 17.5 Å². The Morgan fingerprint density at radius 3 is 2.62 bits per heavy atom. The van der Waals surface area contributed by atoms with Crippen LogP contribution in [0, 0.1) is 0 Å². The summed E-state index contributed by atoms with van der Waals surface area (Å²) in [5, 5.41) is 14.1. The highest BCUT2D eigenvalue weighted by Gasteiger charge is 2.21. The fraction of sp³-hybridized carbons (Fsp3) is 0.333. The summed E-state index contributed by atoms with van der Waals surface area (Å²) in [4.78, 5) is 25.2. The lowest BCUT2D eigenvalue weighted by molar-refractivity contribution is -0.145. The van der Waals surface area contributed by atoms with Crippen molar-refractivity contribution in [3.05, 3.63) is 52.2 Å². The highest BCUT2D eigenvalue weighted by atomic mass is 32.1. The Morgan fingerprint density at radius 1 is 1.25 bits per heavy atom. The van der Waals surface area contributed by atoms with Crippen LogP contribution in [-0.4, -0.2) is 30.1 Å². The monoisotopic (exact) mass is 347 g/mol. The predicted molar refractivity (Wildman–Crippen MR) is 93.0 cm³/mol. The van der Waals surface area contributed by atoms with Crippen LogP contribution >= 0.6 is 11.3 Å². The van der Waals surface area contributed by atoms with E-state index in [2.05, 4.69) is 5.32 Å². The number of esters is 1. The fourth-order valence-corrected chi connectivity index (χ4v) is 3.10. The lowest BCUT2D eigenvalue weighted by Gasteiger charge is -2.16. The van der Waals surface area contributed by atoms with Gasteiger partial charge in [-0.3, -0.25) is 4.79 Å². The first-order valence-corrected chi connectivity index (χ1v) is 8.64. The summed E-state index contributed by atoms with van der Waals surface area (Å²) in [6, 6.07) is 9.84. The average molecular weight is 347 g/mol. The second-order valence-corrected chi connectivity index (χ2v) is 6.48. The van der Waals surface area contributed by atoms with Gasteiger partial charge in [-0.25, -0.2) is 4.79 Å². The van der Waals surface area contributed by atoms with Crippen LogP contribution in [0.4, 0.5) is 0 Å². The van der Waals surface area contributed by atoms with Crippen molar-refractivity contribution in [3.63, 3.8) is 0 Å². The molecule has 0 aliphatic rings. The number of aromatic hydroxyl groups is 1. The Hall–Kier alpha value is -2.34. The molecule has 1 atom stereocenters. The van der Waals surface area contributed by atoms with Gasteiger partial charge in [-0.05, 0) is 42.0 Å². The number of thiophene rings is 1. The number of nitrogens with one attached hydrogen (secondary N) is 1. The summed E-state index contributed by atoms with van der Waals surface area (Å²) in [7, 11) is 1.30. The van der Waals surface area contributed by atoms with Crippen LogP contribution in [0.3, 0.4) is 0 Å². The van der Waals surface area contributed by atoms with Gasteiger partial charge in [0, 0.05) is 17.7 Å². The molecule has 0 saturated carbocycles. The summed E-state index contributed by atoms with van der Waals surface area (Å²) in [5.41, 5.74) is 0.835. The maximum Gasteiger partial charge on any atom is 0.328 e. The van der Waals surface area contributed by atoms with E-state index < -0.39 is 12.0 Å². The molecular weight excluding hydrogens is 326 g/mol. The third kappa shape index (κ3) is 5.70. The van der Waals surface area contributed by atoms with Crippen molar-refractivity contribution in [1.82, 2.24) is 5.32 Å². The molecule has 0 saturated heterocycles. The highest BCUT2D eigenvalue weighted by Crippen LogP contribution is 2.13. The van der Waals surface area contributed by atoms with E-state index in [4.69, 9.17) is 4.74 Å². The number of methoxy groups -OCH3 is 1. The molecule has 0 aliphatic heterocycles. The predicted octanol–water partition coefficient (Wildman–Crippen LogP) is 2.68. The topological polar surface area (TPSA) is 75.6 Å². The minimum Gasteiger partial charge on any atom is -0.508 e. The Labute approximate surface area is 145 Å². The summed E-state index contributed by atoms with van der Waals surface area (Å²) in [6.45, 7) is 0. The lowest BCUT2D eigenvalue weighted by Crippen LogP contribution is -2.43. The zero-order valence-corrected chi connectivity index (χ0v) is 14.3. The van der Waals surface area contributed by atoms with Gasteiger partial charge in [-0.1, -0.05) is 18.2 Å². The SMILES string of the molecule is COC(=O)C(Cc1ccc(O)cc1)NC(=O)CCCc1cccs1. The first-order chi connectivity index (χ1) is 11.6. The molecule has 24 heavy (non-hydrogen) atoms. The Bertz CT molecular complexity index is 652. The van der Waals surface area contributed by atoms with Crippen LogP contribution in [0.1, 0.15) is 23.3 Å². The van der Waals surface area contributed by atoms with Crippen LogP contribution in [0.25, 0.3) is 0 Å². The maximum absolute atomic E-state index is 12.1. The quantitative estimate of drug-likeness (QED) is 0.720. The molecule has 2 aromatic rings. The number of rotatable bonds is 8. The van der Waals surface area contributed by atoms with Crippen LogP contribution in [0.2, 0.25) is 0 Å². The number of hydrogen-bond donors (Lipinski definition) is 2. The molecule has 0 fully saturated rings. The molecule has 2 N–H and O–H groups in total. The molecule has 2 rings (SSSR count). The van der Waals surface area contributed by atoms with Crippen LogP contribution in [-0.2, 0) is 27.2 Å². The molecule has 1 heterocycles. The van der Waals surface area contributed by atoms with Crippen molar-refractivity contribution in [2.75, 3.05) is 7.11 Å². The van der Waals surface area contributed by atoms with Crippen LogP contribution in [0.15, 0.2) is 41.8 Å². The van der Waals surface area contributed by atoms with Gasteiger partial charge in [0.15, 0.2) is 0 Å². The summed E-state index contributed by atoms with van der Waals surface area (Å²) >= 11 is 1.67. The summed E-state index contributed by atoms with van der Waals surface area (Å²) in [6.07, 6.45) is 2.27. The molecule has 1 aromatic heterocycles. The van der Waals surface area contributed by atoms with Gasteiger partial charge in [0.1, 0.15) is 11.8 Å². The van der Waals surface area contributed by atoms with Crippen molar-refractivity contribution < 1.29 is 19.4 Å². The van der Waals surface area contributed by atoms with Gasteiger partial charge in [0.25, 0.3) is 0 Å². The summed E-state index contributed by atoms with van der Waals surface area (Å²) < 4.78 is 4.77. The second-order valence-electron chi connectivity index (χ2n) is 5.45. The number of aryl methyl sites for hydroxylation is 1. The summed E-state index contributed by atoms with van der Waals surface area (Å²) in [5.74, 6) is -0.485. The van der Waals surface area contributed by atoms with E-state index in [9.17, 15) is 14.7 Å². The van der Waals surface area contributed by atoms with Crippen molar-refractivity contribution >= 4 is 23.2 Å². The third-order valence-corrected chi connectivity index (χ3v) is 4.54. The van der Waals surface area contributed by atoms with Crippen LogP contribution < -0.4 is 5.32 Å². The Balaban J connectivity index is 1.86. The highest BCUT2D eigenvalue weighted by molar-refractivity contribution is 7.09. The number of amides is 1. The number of carbonyl (C=O) groups excluding carboxylic acids is 2. The number of ether oxygens (including phenoxy) is 1. The molecule has 1 amide bonds. The first-order valence-electron chi connectivity index (χ1n) is 7.76. The van der Waals surface area contributed by atoms with Gasteiger partial charge in [0.2, 0.25) is 5.91 Å². The van der Waals surface area contributed by atoms with E-state index in [1.165, 1.54) is 12.0 Å². The van der Waals surface area contributed by atoms with Gasteiger partial charge < -0.3 is 15.2 Å². The largest absolute Gasteiger partial charge is 0.508 e. The minimum atomic E-state index is -0.728. The number of carbonyl (C=O) groups is 2. The molecule has 6 heteroatoms. The number of benzene rings is 1. The maximum atomic E-state index is 12.1. The molecule has 0 bridgehead atoms. The van der Waals surface area contributed by atoms with E-state index in [0.29, 0.717) is 12.8 Å². The van der Waals surface area contributed by atoms with Crippen LogP contribution in [0.5, 0.6) is 5.75 Å². The molecular formula is C18H21NO4S. The van der Waals surface area contributed by atoms with Crippen molar-refractivity contribution in [2.24, 2.45) is 0 Å². The average Bonchev–Trinajstić information content (AvgIpc) is 3.09. The van der Waals surface area contributed by atoms with Gasteiger partial charge in [0.05, 0.1) is 7.11 Å². The zero-order chi connectivity index (χ0) is 17.4. The molecule has 128 valence electrons. The molecule has 0 radical (unpaired) electrons. The van der Waals surface area contributed by atoms with E-state index in [0.717, 1.165) is 18.4 Å². The fourth-order valence-electron chi connectivity index (χ4n) is 2.35. The first kappa shape index (κ1) is 18.0.